The molecule has 169 valence electrons. The first-order chi connectivity index (χ1) is 14.4. The van der Waals surface area contributed by atoms with E-state index in [1.807, 2.05) is 20.7 Å². The second-order valence-corrected chi connectivity index (χ2v) is 14.4. The molecule has 1 amide bonds. The maximum absolute atomic E-state index is 14.0. The molecule has 0 aliphatic heterocycles. The second kappa shape index (κ2) is 12.2. The first-order valence-corrected chi connectivity index (χ1v) is 15.8. The Kier molecular flexibility index (Phi) is 10.6. The van der Waals surface area contributed by atoms with Crippen LogP contribution in [-0.2, 0) is 25.5 Å². The maximum atomic E-state index is 14.0. The molecule has 1 saturated carbocycles. The summed E-state index contributed by atoms with van der Waals surface area (Å²) in [6, 6.07) is 2.62. The first kappa shape index (κ1) is 26.1. The van der Waals surface area contributed by atoms with Crippen LogP contribution in [0.15, 0.2) is 22.3 Å². The van der Waals surface area contributed by atoms with Crippen LogP contribution in [0.4, 0.5) is 0 Å². The Labute approximate surface area is 200 Å². The molecule has 2 aliphatic rings. The van der Waals surface area contributed by atoms with E-state index in [0.29, 0.717) is 17.4 Å². The van der Waals surface area contributed by atoms with Crippen molar-refractivity contribution in [2.75, 3.05) is 0 Å². The molecule has 1 N–H and O–H groups in total. The van der Waals surface area contributed by atoms with E-state index in [2.05, 4.69) is 45.3 Å². The van der Waals surface area contributed by atoms with Crippen molar-refractivity contribution in [2.45, 2.75) is 123 Å². The van der Waals surface area contributed by atoms with Gasteiger partial charge in [0.2, 0.25) is 0 Å². The number of rotatable bonds is 5. The summed E-state index contributed by atoms with van der Waals surface area (Å²) in [5.74, 6) is 0.730. The summed E-state index contributed by atoms with van der Waals surface area (Å²) in [6.07, 6.45) is 12.9. The molecule has 3 unspecified atom stereocenters. The SMILES string of the molecule is CC[SiH](CC)C1CCCCCCCCCCC1(C(=O)[NH][Ti])C1=C(C)C(C)=C(C)C1C. The van der Waals surface area contributed by atoms with Gasteiger partial charge in [0, 0.05) is 0 Å². The molecule has 1 fully saturated rings. The van der Waals surface area contributed by atoms with E-state index >= 15 is 0 Å². The van der Waals surface area contributed by atoms with Gasteiger partial charge in [0.15, 0.2) is 0 Å². The van der Waals surface area contributed by atoms with Crippen molar-refractivity contribution in [1.82, 2.24) is 3.80 Å². The van der Waals surface area contributed by atoms with Gasteiger partial charge in [-0.2, -0.15) is 0 Å². The van der Waals surface area contributed by atoms with Crippen molar-refractivity contribution in [3.63, 3.8) is 0 Å². The number of hydrogen-bond acceptors (Lipinski definition) is 1. The van der Waals surface area contributed by atoms with Crippen LogP contribution in [0.2, 0.25) is 17.6 Å². The quantitative estimate of drug-likeness (QED) is 0.422. The van der Waals surface area contributed by atoms with Gasteiger partial charge in [-0.25, -0.2) is 0 Å². The standard InChI is InChI=1S/C26H47NOSi.Ti/c1-7-29(8-2)23-17-15-13-11-9-10-12-14-16-18-26(23,25(27)28)24-21(5)19(3)20(4)22(24)6;/h21,23,29H,7-18H2,1-6H3,(H2,27,28);/q;+1/p-1. The zero-order valence-electron chi connectivity index (χ0n) is 20.6. The molecular formula is C26H46NOSiTi. The normalized spacial score (nSPS) is 29.7. The van der Waals surface area contributed by atoms with Gasteiger partial charge in [-0.1, -0.05) is 0 Å². The van der Waals surface area contributed by atoms with E-state index < -0.39 is 8.80 Å². The van der Waals surface area contributed by atoms with Gasteiger partial charge in [-0.3, -0.25) is 0 Å². The Morgan fingerprint density at radius 2 is 1.50 bits per heavy atom. The first-order valence-electron chi connectivity index (χ1n) is 12.7. The molecule has 0 spiro atoms. The molecule has 0 saturated heterocycles. The van der Waals surface area contributed by atoms with Crippen LogP contribution in [0.25, 0.3) is 0 Å². The summed E-state index contributed by atoms with van der Waals surface area (Å²) < 4.78 is 3.20. The number of amides is 1. The summed E-state index contributed by atoms with van der Waals surface area (Å²) in [7, 11) is -1.04. The minimum absolute atomic E-state index is 0.292. The van der Waals surface area contributed by atoms with Gasteiger partial charge < -0.3 is 0 Å². The van der Waals surface area contributed by atoms with Crippen molar-refractivity contribution >= 4 is 14.7 Å². The Morgan fingerprint density at radius 3 is 1.97 bits per heavy atom. The summed E-state index contributed by atoms with van der Waals surface area (Å²) in [5.41, 5.74) is 6.15. The molecular weight excluding hydrogens is 418 g/mol. The molecule has 2 rings (SSSR count). The molecule has 0 heterocycles. The number of hydrogen-bond donors (Lipinski definition) is 1. The third-order valence-electron chi connectivity index (χ3n) is 8.73. The predicted octanol–water partition coefficient (Wildman–Crippen LogP) is 7.41. The van der Waals surface area contributed by atoms with Crippen molar-refractivity contribution in [3.8, 4) is 0 Å². The van der Waals surface area contributed by atoms with Crippen LogP contribution < -0.4 is 3.80 Å². The molecule has 0 aromatic carbocycles. The number of allylic oxidation sites excluding steroid dienone is 3. The molecule has 4 heteroatoms. The molecule has 2 nitrogen and oxygen atoms in total. The molecule has 3 atom stereocenters. The van der Waals surface area contributed by atoms with Crippen LogP contribution in [0.5, 0.6) is 0 Å². The van der Waals surface area contributed by atoms with E-state index in [1.165, 1.54) is 92.2 Å². The predicted molar refractivity (Wildman–Crippen MR) is 129 cm³/mol. The Morgan fingerprint density at radius 1 is 0.967 bits per heavy atom. The molecule has 0 radical (unpaired) electrons. The van der Waals surface area contributed by atoms with E-state index in [9.17, 15) is 4.79 Å². The Hall–Kier alpha value is -0.119. The molecule has 30 heavy (non-hydrogen) atoms. The topological polar surface area (TPSA) is 29.1 Å². The van der Waals surface area contributed by atoms with Crippen LogP contribution >= 0.6 is 0 Å². The monoisotopic (exact) mass is 464 g/mol. The number of carbonyl (C=O) groups is 1. The summed E-state index contributed by atoms with van der Waals surface area (Å²) >= 11 is 1.88. The zero-order chi connectivity index (χ0) is 22.3. The van der Waals surface area contributed by atoms with Crippen LogP contribution in [0, 0.1) is 11.3 Å². The van der Waals surface area contributed by atoms with Crippen molar-refractivity contribution in [1.29, 1.82) is 0 Å². The van der Waals surface area contributed by atoms with Gasteiger partial charge in [-0.05, 0) is 0 Å². The van der Waals surface area contributed by atoms with Gasteiger partial charge in [-0.15, -0.1) is 0 Å². The number of carbonyl (C=O) groups excluding carboxylic acids is 1. The van der Waals surface area contributed by atoms with Gasteiger partial charge >= 0.3 is 201 Å². The van der Waals surface area contributed by atoms with E-state index in [-0.39, 0.29) is 5.41 Å². The summed E-state index contributed by atoms with van der Waals surface area (Å²) in [5, 5.41) is 0. The Bertz CT molecular complexity index is 651. The molecule has 0 bridgehead atoms. The van der Waals surface area contributed by atoms with Gasteiger partial charge in [0.1, 0.15) is 0 Å². The average molecular weight is 465 g/mol. The van der Waals surface area contributed by atoms with E-state index in [1.54, 1.807) is 0 Å². The zero-order valence-corrected chi connectivity index (χ0v) is 23.3. The molecule has 0 aromatic rings. The van der Waals surface area contributed by atoms with Crippen LogP contribution in [0.3, 0.4) is 0 Å². The molecule has 0 aromatic heterocycles. The van der Waals surface area contributed by atoms with E-state index in [0.717, 1.165) is 6.42 Å². The van der Waals surface area contributed by atoms with E-state index in [4.69, 9.17) is 0 Å². The van der Waals surface area contributed by atoms with Crippen LogP contribution in [-0.4, -0.2) is 14.7 Å². The average Bonchev–Trinajstić information content (AvgIpc) is 2.93. The fraction of sp³-hybridized carbons (Fsp3) is 0.808. The van der Waals surface area contributed by atoms with Crippen molar-refractivity contribution in [2.24, 2.45) is 11.3 Å². The minimum atomic E-state index is -1.04. The third-order valence-corrected chi connectivity index (χ3v) is 13.2. The Balaban J connectivity index is 2.66. The summed E-state index contributed by atoms with van der Waals surface area (Å²) in [6.45, 7) is 14.1. The fourth-order valence-electron chi connectivity index (χ4n) is 6.69. The van der Waals surface area contributed by atoms with Crippen molar-refractivity contribution < 1.29 is 25.5 Å². The van der Waals surface area contributed by atoms with Crippen LogP contribution in [0.1, 0.15) is 106 Å². The van der Waals surface area contributed by atoms with Crippen molar-refractivity contribution in [3.05, 3.63) is 22.3 Å². The second-order valence-electron chi connectivity index (χ2n) is 10.0. The fourth-order valence-corrected chi connectivity index (χ4v) is 10.8. The van der Waals surface area contributed by atoms with Gasteiger partial charge in [0.25, 0.3) is 0 Å². The van der Waals surface area contributed by atoms with Gasteiger partial charge in [0.05, 0.1) is 0 Å². The number of nitrogens with one attached hydrogen (secondary N) is 1. The third kappa shape index (κ3) is 5.26. The molecule has 2 aliphatic carbocycles. The summed E-state index contributed by atoms with van der Waals surface area (Å²) in [4.78, 5) is 14.0.